The molecule has 4 heteroatoms. The quantitative estimate of drug-likeness (QED) is 0.113. The predicted molar refractivity (Wildman–Crippen MR) is 270 cm³/mol. The van der Waals surface area contributed by atoms with E-state index in [1.807, 2.05) is 24.3 Å². The number of nitrogens with zero attached hydrogens (tertiary/aromatic N) is 4. The Morgan fingerprint density at radius 1 is 0.266 bits per heavy atom. The Hall–Kier alpha value is -8.60. The van der Waals surface area contributed by atoms with E-state index in [-0.39, 0.29) is 0 Å². The van der Waals surface area contributed by atoms with Crippen LogP contribution in [0.1, 0.15) is 0 Å². The van der Waals surface area contributed by atoms with E-state index < -0.39 is 0 Å². The zero-order chi connectivity index (χ0) is 42.4. The Morgan fingerprint density at radius 2 is 0.703 bits per heavy atom. The first-order chi connectivity index (χ1) is 31.7. The van der Waals surface area contributed by atoms with Crippen molar-refractivity contribution in [2.24, 2.45) is 0 Å². The lowest BCUT2D eigenvalue weighted by atomic mass is 9.90. The monoisotopic (exact) mass is 816 g/mol. The first-order valence-corrected chi connectivity index (χ1v) is 21.7. The summed E-state index contributed by atoms with van der Waals surface area (Å²) in [6.07, 6.45) is 0. The van der Waals surface area contributed by atoms with Gasteiger partial charge in [-0.2, -0.15) is 0 Å². The fraction of sp³-hybridized carbons (Fsp3) is 0. The van der Waals surface area contributed by atoms with E-state index in [4.69, 9.17) is 9.97 Å². The molecule has 0 aliphatic rings. The highest BCUT2D eigenvalue weighted by atomic mass is 15.1. The molecule has 0 atom stereocenters. The number of aromatic nitrogens is 2. The van der Waals surface area contributed by atoms with Crippen molar-refractivity contribution in [3.63, 3.8) is 0 Å². The number of fused-ring (bicyclic) bond motifs is 6. The molecule has 0 aliphatic heterocycles. The van der Waals surface area contributed by atoms with Crippen LogP contribution in [0.4, 0.5) is 34.1 Å². The highest BCUT2D eigenvalue weighted by molar-refractivity contribution is 6.10. The van der Waals surface area contributed by atoms with E-state index in [0.29, 0.717) is 0 Å². The van der Waals surface area contributed by atoms with Crippen molar-refractivity contribution in [3.05, 3.63) is 243 Å². The lowest BCUT2D eigenvalue weighted by Crippen LogP contribution is -2.10. The molecule has 0 radical (unpaired) electrons. The lowest BCUT2D eigenvalue weighted by molar-refractivity contribution is 1.30. The Labute approximate surface area is 371 Å². The summed E-state index contributed by atoms with van der Waals surface area (Å²) in [4.78, 5) is 15.0. The van der Waals surface area contributed by atoms with Crippen LogP contribution in [0.15, 0.2) is 243 Å². The standard InChI is InChI=1S/C60H40N4/c1-3-19-46(20-4-1)63(58-27-13-17-41-15-7-9-23-50(41)58)48-34-29-43(30-35-48)52-39-45-33-38-57-60(62-56-26-12-11-25-55(56)61-57)54(45)40-53(52)44-31-36-49(37-32-44)64(47-21-5-2-6-22-47)59-28-14-18-42-16-8-10-24-51(42)59/h1-40H. The maximum absolute atomic E-state index is 5.21. The van der Waals surface area contributed by atoms with Crippen molar-refractivity contribution in [2.75, 3.05) is 9.80 Å². The molecule has 300 valence electrons. The minimum atomic E-state index is 0.882. The number of hydrogen-bond acceptors (Lipinski definition) is 4. The molecule has 0 saturated heterocycles. The summed E-state index contributed by atoms with van der Waals surface area (Å²) in [5, 5.41) is 7.00. The highest BCUT2D eigenvalue weighted by Gasteiger charge is 2.19. The van der Waals surface area contributed by atoms with Gasteiger partial charge in [0.1, 0.15) is 0 Å². The summed E-state index contributed by atoms with van der Waals surface area (Å²) in [5.41, 5.74) is 14.7. The largest absolute Gasteiger partial charge is 0.310 e. The van der Waals surface area contributed by atoms with Gasteiger partial charge in [-0.05, 0) is 129 Å². The van der Waals surface area contributed by atoms with Crippen LogP contribution in [-0.2, 0) is 0 Å². The van der Waals surface area contributed by atoms with Gasteiger partial charge in [0.05, 0.1) is 33.4 Å². The van der Waals surface area contributed by atoms with Crippen molar-refractivity contribution in [3.8, 4) is 22.3 Å². The van der Waals surface area contributed by atoms with E-state index in [1.165, 1.54) is 21.5 Å². The molecule has 0 N–H and O–H groups in total. The average Bonchev–Trinajstić information content (AvgIpc) is 3.37. The molecular weight excluding hydrogens is 777 g/mol. The van der Waals surface area contributed by atoms with E-state index in [1.54, 1.807) is 0 Å². The van der Waals surface area contributed by atoms with E-state index in [9.17, 15) is 0 Å². The first-order valence-electron chi connectivity index (χ1n) is 21.7. The molecule has 1 aromatic heterocycles. The van der Waals surface area contributed by atoms with Crippen molar-refractivity contribution < 1.29 is 0 Å². The molecule has 1 heterocycles. The molecule has 11 aromatic carbocycles. The zero-order valence-corrected chi connectivity index (χ0v) is 34.9. The minimum absolute atomic E-state index is 0.882. The SMILES string of the molecule is c1ccc(N(c2ccc(-c3cc4ccc5nc6ccccc6nc5c4cc3-c3ccc(N(c4ccccc4)c4cccc5ccccc45)cc3)cc2)c2cccc3ccccc23)cc1. The van der Waals surface area contributed by atoms with Crippen LogP contribution < -0.4 is 9.80 Å². The van der Waals surface area contributed by atoms with Gasteiger partial charge in [-0.3, -0.25) is 0 Å². The number of benzene rings is 11. The molecule has 0 spiro atoms. The topological polar surface area (TPSA) is 32.3 Å². The van der Waals surface area contributed by atoms with Crippen LogP contribution in [0.25, 0.3) is 76.6 Å². The third kappa shape index (κ3) is 6.57. The van der Waals surface area contributed by atoms with Crippen LogP contribution in [-0.4, -0.2) is 9.97 Å². The number of anilines is 6. The Morgan fingerprint density at radius 3 is 1.25 bits per heavy atom. The zero-order valence-electron chi connectivity index (χ0n) is 34.9. The summed E-state index contributed by atoms with van der Waals surface area (Å²) < 4.78 is 0. The van der Waals surface area contributed by atoms with Crippen LogP contribution in [0.2, 0.25) is 0 Å². The highest BCUT2D eigenvalue weighted by Crippen LogP contribution is 2.44. The summed E-state index contributed by atoms with van der Waals surface area (Å²) in [6.45, 7) is 0. The van der Waals surface area contributed by atoms with E-state index in [0.717, 1.165) is 89.2 Å². The molecule has 0 aliphatic carbocycles. The van der Waals surface area contributed by atoms with Crippen molar-refractivity contribution in [2.45, 2.75) is 0 Å². The van der Waals surface area contributed by atoms with Gasteiger partial charge in [-0.25, -0.2) is 9.97 Å². The maximum atomic E-state index is 5.21. The van der Waals surface area contributed by atoms with Gasteiger partial charge < -0.3 is 9.80 Å². The van der Waals surface area contributed by atoms with Crippen LogP contribution >= 0.6 is 0 Å². The van der Waals surface area contributed by atoms with Crippen LogP contribution in [0.5, 0.6) is 0 Å². The van der Waals surface area contributed by atoms with Crippen molar-refractivity contribution >= 4 is 88.5 Å². The molecule has 0 bridgehead atoms. The molecule has 4 nitrogen and oxygen atoms in total. The first kappa shape index (κ1) is 37.2. The second-order valence-electron chi connectivity index (χ2n) is 16.2. The smallest absolute Gasteiger partial charge is 0.0973 e. The molecule has 0 unspecified atom stereocenters. The molecule has 12 aromatic rings. The maximum Gasteiger partial charge on any atom is 0.0973 e. The van der Waals surface area contributed by atoms with Gasteiger partial charge in [0.15, 0.2) is 0 Å². The molecular formula is C60H40N4. The van der Waals surface area contributed by atoms with Gasteiger partial charge in [-0.1, -0.05) is 152 Å². The normalized spacial score (nSPS) is 11.4. The average molecular weight is 817 g/mol. The lowest BCUT2D eigenvalue weighted by Gasteiger charge is -2.27. The molecule has 12 rings (SSSR count). The van der Waals surface area contributed by atoms with Crippen molar-refractivity contribution in [1.82, 2.24) is 9.97 Å². The molecule has 0 fully saturated rings. The Bertz CT molecular complexity index is 3650. The van der Waals surface area contributed by atoms with Crippen molar-refractivity contribution in [1.29, 1.82) is 0 Å². The fourth-order valence-electron chi connectivity index (χ4n) is 9.33. The van der Waals surface area contributed by atoms with E-state index in [2.05, 4.69) is 228 Å². The second kappa shape index (κ2) is 15.7. The van der Waals surface area contributed by atoms with Gasteiger partial charge >= 0.3 is 0 Å². The van der Waals surface area contributed by atoms with Gasteiger partial charge in [0.25, 0.3) is 0 Å². The van der Waals surface area contributed by atoms with Gasteiger partial charge in [-0.15, -0.1) is 0 Å². The summed E-state index contributed by atoms with van der Waals surface area (Å²) in [7, 11) is 0. The number of para-hydroxylation sites is 4. The summed E-state index contributed by atoms with van der Waals surface area (Å²) >= 11 is 0. The van der Waals surface area contributed by atoms with E-state index >= 15 is 0 Å². The van der Waals surface area contributed by atoms with Gasteiger partial charge in [0, 0.05) is 38.9 Å². The molecule has 64 heavy (non-hydrogen) atoms. The van der Waals surface area contributed by atoms with Crippen LogP contribution in [0.3, 0.4) is 0 Å². The minimum Gasteiger partial charge on any atom is -0.310 e. The van der Waals surface area contributed by atoms with Gasteiger partial charge in [0.2, 0.25) is 0 Å². The Kier molecular flexibility index (Phi) is 9.12. The molecule has 0 amide bonds. The van der Waals surface area contributed by atoms with Crippen LogP contribution in [0, 0.1) is 0 Å². The third-order valence-corrected chi connectivity index (χ3v) is 12.4. The summed E-state index contributed by atoms with van der Waals surface area (Å²) in [5.74, 6) is 0. The summed E-state index contributed by atoms with van der Waals surface area (Å²) in [6, 6.07) is 86.7. The Balaban J connectivity index is 1.02. The predicted octanol–water partition coefficient (Wildman–Crippen LogP) is 16.5. The third-order valence-electron chi connectivity index (χ3n) is 12.4. The fourth-order valence-corrected chi connectivity index (χ4v) is 9.33. The molecule has 0 saturated carbocycles. The second-order valence-corrected chi connectivity index (χ2v) is 16.2. The number of hydrogen-bond donors (Lipinski definition) is 0. The number of rotatable bonds is 8.